The van der Waals surface area contributed by atoms with Gasteiger partial charge in [0.05, 0.1) is 24.4 Å². The fourth-order valence-electron chi connectivity index (χ4n) is 2.31. The van der Waals surface area contributed by atoms with Crippen LogP contribution in [0.2, 0.25) is 5.02 Å². The van der Waals surface area contributed by atoms with Gasteiger partial charge in [-0.25, -0.2) is 13.1 Å². The number of nitrogens with one attached hydrogen (secondary N) is 2. The molecule has 0 aliphatic carbocycles. The van der Waals surface area contributed by atoms with Crippen LogP contribution in [0, 0.1) is 0 Å². The van der Waals surface area contributed by atoms with E-state index in [1.54, 1.807) is 12.1 Å². The Morgan fingerprint density at radius 1 is 1.15 bits per heavy atom. The van der Waals surface area contributed by atoms with E-state index in [9.17, 15) is 13.2 Å². The zero-order valence-electron chi connectivity index (χ0n) is 14.4. The number of amides is 1. The number of ether oxygens (including phenoxy) is 1. The Kier molecular flexibility index (Phi) is 7.44. The summed E-state index contributed by atoms with van der Waals surface area (Å²) in [5, 5.41) is 2.94. The largest absolute Gasteiger partial charge is 0.495 e. The molecule has 0 unspecified atom stereocenters. The molecule has 0 fully saturated rings. The Bertz CT molecular complexity index is 842. The van der Waals surface area contributed by atoms with Crippen LogP contribution >= 0.6 is 11.6 Å². The predicted molar refractivity (Wildman–Crippen MR) is 103 cm³/mol. The first kappa shape index (κ1) is 20.2. The first-order valence-electron chi connectivity index (χ1n) is 8.04. The fraction of sp³-hybridized carbons (Fsp3) is 0.278. The minimum Gasteiger partial charge on any atom is -0.495 e. The van der Waals surface area contributed by atoms with Gasteiger partial charge in [0.1, 0.15) is 5.75 Å². The SMILES string of the molecule is COc1ccc(NC(=O)CNS(=O)(=O)CCCc2ccccc2)cc1Cl. The Balaban J connectivity index is 1.77. The van der Waals surface area contributed by atoms with E-state index in [-0.39, 0.29) is 12.3 Å². The minimum absolute atomic E-state index is 0.0382. The van der Waals surface area contributed by atoms with Gasteiger partial charge in [0, 0.05) is 5.69 Å². The molecule has 0 aliphatic rings. The molecule has 0 aromatic heterocycles. The molecule has 26 heavy (non-hydrogen) atoms. The van der Waals surface area contributed by atoms with Gasteiger partial charge in [-0.15, -0.1) is 0 Å². The quantitative estimate of drug-likeness (QED) is 0.682. The maximum Gasteiger partial charge on any atom is 0.239 e. The smallest absolute Gasteiger partial charge is 0.239 e. The molecular weight excluding hydrogens is 376 g/mol. The molecule has 0 heterocycles. The zero-order valence-corrected chi connectivity index (χ0v) is 15.9. The van der Waals surface area contributed by atoms with Crippen molar-refractivity contribution >= 4 is 33.2 Å². The monoisotopic (exact) mass is 396 g/mol. The number of aryl methyl sites for hydroxylation is 1. The number of methoxy groups -OCH3 is 1. The third-order valence-electron chi connectivity index (χ3n) is 3.61. The van der Waals surface area contributed by atoms with Gasteiger partial charge in [0.25, 0.3) is 0 Å². The second-order valence-corrected chi connectivity index (χ2v) is 7.96. The average Bonchev–Trinajstić information content (AvgIpc) is 2.61. The highest BCUT2D eigenvalue weighted by molar-refractivity contribution is 7.89. The van der Waals surface area contributed by atoms with Gasteiger partial charge in [-0.1, -0.05) is 41.9 Å². The predicted octanol–water partition coefficient (Wildman–Crippen LogP) is 2.84. The van der Waals surface area contributed by atoms with Crippen LogP contribution in [0.25, 0.3) is 0 Å². The molecule has 0 atom stereocenters. The van der Waals surface area contributed by atoms with Crippen molar-refractivity contribution < 1.29 is 17.9 Å². The van der Waals surface area contributed by atoms with Gasteiger partial charge in [0.15, 0.2) is 0 Å². The molecule has 1 amide bonds. The summed E-state index contributed by atoms with van der Waals surface area (Å²) in [4.78, 5) is 11.9. The Labute approximate surface area is 158 Å². The average molecular weight is 397 g/mol. The Morgan fingerprint density at radius 2 is 1.88 bits per heavy atom. The summed E-state index contributed by atoms with van der Waals surface area (Å²) >= 11 is 5.98. The Morgan fingerprint density at radius 3 is 2.54 bits per heavy atom. The lowest BCUT2D eigenvalue weighted by molar-refractivity contribution is -0.115. The summed E-state index contributed by atoms with van der Waals surface area (Å²) in [5.74, 6) is -0.0227. The lowest BCUT2D eigenvalue weighted by Gasteiger charge is -2.09. The van der Waals surface area contributed by atoms with Gasteiger partial charge in [0.2, 0.25) is 15.9 Å². The molecule has 0 aliphatic heterocycles. The van der Waals surface area contributed by atoms with Crippen molar-refractivity contribution in [3.05, 3.63) is 59.1 Å². The molecule has 0 radical (unpaired) electrons. The van der Waals surface area contributed by atoms with Crippen LogP contribution in [0.15, 0.2) is 48.5 Å². The number of carbonyl (C=O) groups is 1. The van der Waals surface area contributed by atoms with Gasteiger partial charge in [-0.2, -0.15) is 0 Å². The van der Waals surface area contributed by atoms with E-state index in [1.807, 2.05) is 30.3 Å². The highest BCUT2D eigenvalue weighted by Gasteiger charge is 2.13. The van der Waals surface area contributed by atoms with Crippen molar-refractivity contribution in [1.82, 2.24) is 4.72 Å². The van der Waals surface area contributed by atoms with Crippen molar-refractivity contribution in [1.29, 1.82) is 0 Å². The standard InChI is InChI=1S/C18H21ClN2O4S/c1-25-17-10-9-15(12-16(17)19)21-18(22)13-20-26(23,24)11-5-8-14-6-3-2-4-7-14/h2-4,6-7,9-10,12,20H,5,8,11,13H2,1H3,(H,21,22). The molecule has 140 valence electrons. The molecule has 2 aromatic rings. The Hall–Kier alpha value is -2.09. The molecule has 0 saturated heterocycles. The van der Waals surface area contributed by atoms with Crippen LogP contribution in [-0.4, -0.2) is 33.7 Å². The van der Waals surface area contributed by atoms with Gasteiger partial charge >= 0.3 is 0 Å². The molecule has 2 N–H and O–H groups in total. The molecule has 0 spiro atoms. The van der Waals surface area contributed by atoms with Crippen molar-refractivity contribution in [2.24, 2.45) is 0 Å². The molecule has 0 bridgehead atoms. The molecule has 2 rings (SSSR count). The number of sulfonamides is 1. The van der Waals surface area contributed by atoms with Crippen LogP contribution in [-0.2, 0) is 21.2 Å². The van der Waals surface area contributed by atoms with Crippen molar-refractivity contribution in [3.8, 4) is 5.75 Å². The summed E-state index contributed by atoms with van der Waals surface area (Å²) in [6.07, 6.45) is 1.15. The topological polar surface area (TPSA) is 84.5 Å². The van der Waals surface area contributed by atoms with Crippen LogP contribution in [0.1, 0.15) is 12.0 Å². The summed E-state index contributed by atoms with van der Waals surface area (Å²) < 4.78 is 31.3. The zero-order chi connectivity index (χ0) is 19.0. The lowest BCUT2D eigenvalue weighted by Crippen LogP contribution is -2.34. The highest BCUT2D eigenvalue weighted by atomic mass is 35.5. The molecule has 0 saturated carbocycles. The van der Waals surface area contributed by atoms with Gasteiger partial charge in [-0.05, 0) is 36.6 Å². The normalized spacial score (nSPS) is 11.2. The third kappa shape index (κ3) is 6.67. The summed E-state index contributed by atoms with van der Waals surface area (Å²) in [7, 11) is -2.02. The van der Waals surface area contributed by atoms with Crippen LogP contribution in [0.4, 0.5) is 5.69 Å². The number of halogens is 1. The van der Waals surface area contributed by atoms with Gasteiger partial charge in [-0.3, -0.25) is 4.79 Å². The van der Waals surface area contributed by atoms with E-state index >= 15 is 0 Å². The number of hydrogen-bond donors (Lipinski definition) is 2. The first-order valence-corrected chi connectivity index (χ1v) is 10.1. The summed E-state index contributed by atoms with van der Waals surface area (Å²) in [6.45, 7) is -0.336. The van der Waals surface area contributed by atoms with Crippen LogP contribution < -0.4 is 14.8 Å². The molecule has 8 heteroatoms. The van der Waals surface area contributed by atoms with E-state index in [0.717, 1.165) is 5.56 Å². The van der Waals surface area contributed by atoms with E-state index in [4.69, 9.17) is 16.3 Å². The molecular formula is C18H21ClN2O4S. The second-order valence-electron chi connectivity index (χ2n) is 5.63. The van der Waals surface area contributed by atoms with E-state index in [0.29, 0.717) is 29.3 Å². The lowest BCUT2D eigenvalue weighted by atomic mass is 10.1. The molecule has 2 aromatic carbocycles. The van der Waals surface area contributed by atoms with Crippen molar-refractivity contribution in [2.75, 3.05) is 24.7 Å². The van der Waals surface area contributed by atoms with Crippen molar-refractivity contribution in [2.45, 2.75) is 12.8 Å². The number of carbonyl (C=O) groups excluding carboxylic acids is 1. The highest BCUT2D eigenvalue weighted by Crippen LogP contribution is 2.27. The van der Waals surface area contributed by atoms with Gasteiger partial charge < -0.3 is 10.1 Å². The summed E-state index contributed by atoms with van der Waals surface area (Å²) in [6, 6.07) is 14.4. The fourth-order valence-corrected chi connectivity index (χ4v) is 3.59. The number of benzene rings is 2. The number of hydrogen-bond acceptors (Lipinski definition) is 4. The van der Waals surface area contributed by atoms with E-state index in [1.165, 1.54) is 13.2 Å². The summed E-state index contributed by atoms with van der Waals surface area (Å²) in [5.41, 5.74) is 1.54. The van der Waals surface area contributed by atoms with Crippen LogP contribution in [0.5, 0.6) is 5.75 Å². The number of rotatable bonds is 9. The second kappa shape index (κ2) is 9.56. The maximum absolute atomic E-state index is 12.0. The van der Waals surface area contributed by atoms with E-state index < -0.39 is 15.9 Å². The van der Waals surface area contributed by atoms with Crippen molar-refractivity contribution in [3.63, 3.8) is 0 Å². The molecule has 6 nitrogen and oxygen atoms in total. The van der Waals surface area contributed by atoms with Crippen LogP contribution in [0.3, 0.4) is 0 Å². The maximum atomic E-state index is 12.0. The number of anilines is 1. The van der Waals surface area contributed by atoms with E-state index in [2.05, 4.69) is 10.0 Å². The first-order chi connectivity index (χ1) is 12.4. The third-order valence-corrected chi connectivity index (χ3v) is 5.32. The minimum atomic E-state index is -3.51.